The standard InChI is InChI=1S/C24H21BrN2O3/c1-15-11-20(29-2)9-7-16(15)13-21-23(17-5-4-6-19(25)12-17)26-22-10-8-18(14-27(21)22)24(28)30-3/h4-12,14H,13H2,1-3H3. The van der Waals surface area contributed by atoms with Crippen LogP contribution in [0.1, 0.15) is 27.2 Å². The molecule has 0 amide bonds. The molecule has 0 fully saturated rings. The fourth-order valence-corrected chi connectivity index (χ4v) is 3.94. The highest BCUT2D eigenvalue weighted by molar-refractivity contribution is 9.10. The normalized spacial score (nSPS) is 10.9. The van der Waals surface area contributed by atoms with Crippen LogP contribution in [0.15, 0.2) is 65.3 Å². The van der Waals surface area contributed by atoms with Gasteiger partial charge < -0.3 is 13.9 Å². The summed E-state index contributed by atoms with van der Waals surface area (Å²) in [5.41, 5.74) is 6.45. The van der Waals surface area contributed by atoms with Gasteiger partial charge >= 0.3 is 5.97 Å². The number of aromatic nitrogens is 2. The number of hydrogen-bond donors (Lipinski definition) is 0. The number of ether oxygens (including phenoxy) is 2. The number of nitrogens with zero attached hydrogens (tertiary/aromatic N) is 2. The third kappa shape index (κ3) is 3.83. The molecule has 152 valence electrons. The van der Waals surface area contributed by atoms with E-state index in [1.165, 1.54) is 7.11 Å². The number of halogens is 1. The van der Waals surface area contributed by atoms with Crippen LogP contribution in [0.3, 0.4) is 0 Å². The zero-order valence-corrected chi connectivity index (χ0v) is 18.6. The SMILES string of the molecule is COC(=O)c1ccc2nc(-c3cccc(Br)c3)c(Cc3ccc(OC)cc3C)n2c1. The van der Waals surface area contributed by atoms with Gasteiger partial charge in [0.15, 0.2) is 0 Å². The van der Waals surface area contributed by atoms with Crippen LogP contribution in [-0.4, -0.2) is 29.6 Å². The molecule has 0 aliphatic carbocycles. The van der Waals surface area contributed by atoms with Crippen LogP contribution in [0.25, 0.3) is 16.9 Å². The second-order valence-corrected chi connectivity index (χ2v) is 7.94. The van der Waals surface area contributed by atoms with E-state index in [-0.39, 0.29) is 5.97 Å². The van der Waals surface area contributed by atoms with Crippen LogP contribution < -0.4 is 4.74 Å². The van der Waals surface area contributed by atoms with Crippen LogP contribution in [0.5, 0.6) is 5.75 Å². The number of hydrogen-bond acceptors (Lipinski definition) is 4. The Morgan fingerprint density at radius 1 is 1.10 bits per heavy atom. The summed E-state index contributed by atoms with van der Waals surface area (Å²) < 4.78 is 13.2. The molecule has 0 bridgehead atoms. The predicted octanol–water partition coefficient (Wildman–Crippen LogP) is 5.46. The number of aryl methyl sites for hydroxylation is 1. The summed E-state index contributed by atoms with van der Waals surface area (Å²) in [5, 5.41) is 0. The minimum absolute atomic E-state index is 0.374. The number of imidazole rings is 1. The number of carbonyl (C=O) groups is 1. The van der Waals surface area contributed by atoms with Gasteiger partial charge in [0.2, 0.25) is 0 Å². The van der Waals surface area contributed by atoms with Crippen molar-refractivity contribution >= 4 is 27.5 Å². The van der Waals surface area contributed by atoms with Gasteiger partial charge in [-0.2, -0.15) is 0 Å². The first kappa shape index (κ1) is 20.2. The van der Waals surface area contributed by atoms with Crippen molar-refractivity contribution in [3.8, 4) is 17.0 Å². The first-order chi connectivity index (χ1) is 14.5. The first-order valence-electron chi connectivity index (χ1n) is 9.49. The minimum Gasteiger partial charge on any atom is -0.497 e. The summed E-state index contributed by atoms with van der Waals surface area (Å²) in [7, 11) is 3.05. The second-order valence-electron chi connectivity index (χ2n) is 7.02. The Hall–Kier alpha value is -3.12. The fourth-order valence-electron chi connectivity index (χ4n) is 3.54. The molecule has 2 aromatic carbocycles. The van der Waals surface area contributed by atoms with Crippen molar-refractivity contribution in [3.63, 3.8) is 0 Å². The van der Waals surface area contributed by atoms with Crippen molar-refractivity contribution in [3.05, 3.63) is 87.7 Å². The Bertz CT molecular complexity index is 1250. The molecule has 0 aliphatic heterocycles. The summed E-state index contributed by atoms with van der Waals surface area (Å²) in [6.07, 6.45) is 2.45. The van der Waals surface area contributed by atoms with Crippen LogP contribution >= 0.6 is 15.9 Å². The van der Waals surface area contributed by atoms with Gasteiger partial charge in [0, 0.05) is 22.7 Å². The van der Waals surface area contributed by atoms with E-state index in [0.717, 1.165) is 43.9 Å². The Kier molecular flexibility index (Phi) is 5.59. The highest BCUT2D eigenvalue weighted by atomic mass is 79.9. The number of fused-ring (bicyclic) bond motifs is 1. The molecule has 4 rings (SSSR count). The van der Waals surface area contributed by atoms with Gasteiger partial charge in [-0.05, 0) is 54.4 Å². The Morgan fingerprint density at radius 2 is 1.93 bits per heavy atom. The number of esters is 1. The maximum absolute atomic E-state index is 12.1. The number of pyridine rings is 1. The van der Waals surface area contributed by atoms with E-state index < -0.39 is 0 Å². The summed E-state index contributed by atoms with van der Waals surface area (Å²) in [6.45, 7) is 2.07. The zero-order valence-electron chi connectivity index (χ0n) is 17.0. The van der Waals surface area contributed by atoms with Crippen LogP contribution in [0, 0.1) is 6.92 Å². The number of methoxy groups -OCH3 is 2. The molecule has 2 heterocycles. The highest BCUT2D eigenvalue weighted by Crippen LogP contribution is 2.30. The molecule has 0 spiro atoms. The number of rotatable bonds is 5. The van der Waals surface area contributed by atoms with Gasteiger partial charge in [-0.25, -0.2) is 9.78 Å². The fraction of sp³-hybridized carbons (Fsp3) is 0.167. The smallest absolute Gasteiger partial charge is 0.339 e. The Morgan fingerprint density at radius 3 is 2.63 bits per heavy atom. The summed E-state index contributed by atoms with van der Waals surface area (Å²) in [5.74, 6) is 0.454. The third-order valence-electron chi connectivity index (χ3n) is 5.14. The average Bonchev–Trinajstić information content (AvgIpc) is 3.12. The quantitative estimate of drug-likeness (QED) is 0.368. The van der Waals surface area contributed by atoms with Crippen molar-refractivity contribution in [2.45, 2.75) is 13.3 Å². The van der Waals surface area contributed by atoms with E-state index in [2.05, 4.69) is 28.9 Å². The van der Waals surface area contributed by atoms with Crippen LogP contribution in [0.2, 0.25) is 0 Å². The zero-order chi connectivity index (χ0) is 21.3. The van der Waals surface area contributed by atoms with E-state index in [4.69, 9.17) is 14.5 Å². The molecule has 0 N–H and O–H groups in total. The molecule has 0 unspecified atom stereocenters. The second kappa shape index (κ2) is 8.32. The Labute approximate surface area is 183 Å². The molecule has 0 radical (unpaired) electrons. The molecule has 6 heteroatoms. The van der Waals surface area contributed by atoms with Crippen molar-refractivity contribution in [2.75, 3.05) is 14.2 Å². The predicted molar refractivity (Wildman–Crippen MR) is 120 cm³/mol. The lowest BCUT2D eigenvalue weighted by Crippen LogP contribution is -2.05. The lowest BCUT2D eigenvalue weighted by Gasteiger charge is -2.11. The molecular weight excluding hydrogens is 444 g/mol. The third-order valence-corrected chi connectivity index (χ3v) is 5.64. The van der Waals surface area contributed by atoms with Gasteiger partial charge in [0.25, 0.3) is 0 Å². The van der Waals surface area contributed by atoms with Gasteiger partial charge in [-0.1, -0.05) is 34.1 Å². The molecule has 0 saturated carbocycles. The lowest BCUT2D eigenvalue weighted by molar-refractivity contribution is 0.0600. The van der Waals surface area contributed by atoms with E-state index in [1.807, 2.05) is 46.9 Å². The summed E-state index contributed by atoms with van der Waals surface area (Å²) >= 11 is 3.55. The van der Waals surface area contributed by atoms with Crippen LogP contribution in [-0.2, 0) is 11.2 Å². The van der Waals surface area contributed by atoms with Crippen molar-refractivity contribution < 1.29 is 14.3 Å². The van der Waals surface area contributed by atoms with E-state index in [0.29, 0.717) is 12.0 Å². The lowest BCUT2D eigenvalue weighted by atomic mass is 10.0. The van der Waals surface area contributed by atoms with E-state index >= 15 is 0 Å². The number of benzene rings is 2. The topological polar surface area (TPSA) is 52.8 Å². The van der Waals surface area contributed by atoms with Crippen molar-refractivity contribution in [1.29, 1.82) is 0 Å². The number of carbonyl (C=O) groups excluding carboxylic acids is 1. The molecule has 30 heavy (non-hydrogen) atoms. The van der Waals surface area contributed by atoms with Gasteiger partial charge in [0.1, 0.15) is 11.4 Å². The highest BCUT2D eigenvalue weighted by Gasteiger charge is 2.18. The monoisotopic (exact) mass is 464 g/mol. The molecule has 5 nitrogen and oxygen atoms in total. The molecule has 0 saturated heterocycles. The molecule has 0 aliphatic rings. The molecule has 0 atom stereocenters. The summed E-state index contributed by atoms with van der Waals surface area (Å²) in [4.78, 5) is 17.0. The van der Waals surface area contributed by atoms with Gasteiger partial charge in [0.05, 0.1) is 31.2 Å². The van der Waals surface area contributed by atoms with Crippen LogP contribution in [0.4, 0.5) is 0 Å². The summed E-state index contributed by atoms with van der Waals surface area (Å²) in [6, 6.07) is 17.7. The average molecular weight is 465 g/mol. The van der Waals surface area contributed by atoms with Crippen molar-refractivity contribution in [2.24, 2.45) is 0 Å². The van der Waals surface area contributed by atoms with Gasteiger partial charge in [-0.15, -0.1) is 0 Å². The largest absolute Gasteiger partial charge is 0.497 e. The van der Waals surface area contributed by atoms with Gasteiger partial charge in [-0.3, -0.25) is 0 Å². The van der Waals surface area contributed by atoms with E-state index in [9.17, 15) is 4.79 Å². The Balaban J connectivity index is 1.91. The molecular formula is C24H21BrN2O3. The maximum atomic E-state index is 12.1. The van der Waals surface area contributed by atoms with E-state index in [1.54, 1.807) is 19.4 Å². The molecule has 4 aromatic rings. The van der Waals surface area contributed by atoms with Crippen molar-refractivity contribution in [1.82, 2.24) is 9.38 Å². The maximum Gasteiger partial charge on any atom is 0.339 e. The minimum atomic E-state index is -0.374. The molecule has 2 aromatic heterocycles. The first-order valence-corrected chi connectivity index (χ1v) is 10.3.